The Labute approximate surface area is 128 Å². The minimum absolute atomic E-state index is 0.309. The van der Waals surface area contributed by atoms with E-state index in [2.05, 4.69) is 46.7 Å². The van der Waals surface area contributed by atoms with E-state index in [-0.39, 0.29) is 0 Å². The van der Waals surface area contributed by atoms with Crippen LogP contribution >= 0.6 is 22.6 Å². The van der Waals surface area contributed by atoms with Crippen molar-refractivity contribution in [2.24, 2.45) is 0 Å². The standard InChI is InChI=1S/C14H22IN3O/c1-3-6-11-13(15)14(16-4-2)18-12(17-11)9-10-7-5-8-19-10/h10H,3-9H2,1-2H3,(H,16,17,18). The topological polar surface area (TPSA) is 47.0 Å². The van der Waals surface area contributed by atoms with E-state index >= 15 is 0 Å². The Balaban J connectivity index is 2.20. The lowest BCUT2D eigenvalue weighted by Crippen LogP contribution is -2.15. The fraction of sp³-hybridized carbons (Fsp3) is 0.714. The molecule has 106 valence electrons. The van der Waals surface area contributed by atoms with Crippen LogP contribution in [0, 0.1) is 3.57 Å². The van der Waals surface area contributed by atoms with Gasteiger partial charge >= 0.3 is 0 Å². The molecule has 0 amide bonds. The van der Waals surface area contributed by atoms with Crippen LogP contribution in [0.3, 0.4) is 0 Å². The van der Waals surface area contributed by atoms with Gasteiger partial charge in [0.1, 0.15) is 11.6 Å². The van der Waals surface area contributed by atoms with Crippen LogP contribution in [-0.2, 0) is 17.6 Å². The third-order valence-electron chi connectivity index (χ3n) is 3.23. The second-order valence-electron chi connectivity index (χ2n) is 4.87. The van der Waals surface area contributed by atoms with E-state index in [1.807, 2.05) is 0 Å². The summed E-state index contributed by atoms with van der Waals surface area (Å²) in [5.74, 6) is 1.90. The van der Waals surface area contributed by atoms with Crippen LogP contribution in [0.15, 0.2) is 0 Å². The lowest BCUT2D eigenvalue weighted by atomic mass is 10.1. The molecule has 1 atom stereocenters. The molecule has 1 aromatic heterocycles. The quantitative estimate of drug-likeness (QED) is 0.776. The van der Waals surface area contributed by atoms with Crippen molar-refractivity contribution >= 4 is 28.4 Å². The van der Waals surface area contributed by atoms with Gasteiger partial charge in [-0.1, -0.05) is 13.3 Å². The lowest BCUT2D eigenvalue weighted by Gasteiger charge is -2.14. The van der Waals surface area contributed by atoms with Crippen LogP contribution in [0.25, 0.3) is 0 Å². The Morgan fingerprint density at radius 1 is 1.37 bits per heavy atom. The van der Waals surface area contributed by atoms with Crippen LogP contribution in [-0.4, -0.2) is 29.2 Å². The molecule has 1 aromatic rings. The van der Waals surface area contributed by atoms with Crippen molar-refractivity contribution in [2.45, 2.75) is 52.1 Å². The van der Waals surface area contributed by atoms with E-state index in [0.29, 0.717) is 6.10 Å². The zero-order valence-electron chi connectivity index (χ0n) is 11.7. The van der Waals surface area contributed by atoms with Gasteiger partial charge in [0.05, 0.1) is 15.4 Å². The predicted octanol–water partition coefficient (Wildman–Crippen LogP) is 3.19. The van der Waals surface area contributed by atoms with Crippen LogP contribution in [0.5, 0.6) is 0 Å². The Hall–Kier alpha value is -0.430. The van der Waals surface area contributed by atoms with Crippen molar-refractivity contribution in [3.05, 3.63) is 15.1 Å². The third kappa shape index (κ3) is 4.02. The minimum atomic E-state index is 0.309. The Kier molecular flexibility index (Phi) is 5.81. The Morgan fingerprint density at radius 3 is 2.84 bits per heavy atom. The first-order valence-electron chi connectivity index (χ1n) is 7.15. The highest BCUT2D eigenvalue weighted by Gasteiger charge is 2.19. The molecule has 1 unspecified atom stereocenters. The first kappa shape index (κ1) is 15.0. The molecular weight excluding hydrogens is 353 g/mol. The number of nitrogens with zero attached hydrogens (tertiary/aromatic N) is 2. The predicted molar refractivity (Wildman–Crippen MR) is 85.6 cm³/mol. The summed E-state index contributed by atoms with van der Waals surface area (Å²) in [6.45, 7) is 6.05. The average Bonchev–Trinajstić information content (AvgIpc) is 2.88. The Morgan fingerprint density at radius 2 is 2.21 bits per heavy atom. The number of aryl methyl sites for hydroxylation is 1. The third-order valence-corrected chi connectivity index (χ3v) is 4.36. The molecule has 1 aliphatic heterocycles. The molecular formula is C14H22IN3O. The van der Waals surface area contributed by atoms with E-state index in [0.717, 1.165) is 60.5 Å². The molecule has 0 aliphatic carbocycles. The highest BCUT2D eigenvalue weighted by Crippen LogP contribution is 2.22. The largest absolute Gasteiger partial charge is 0.378 e. The van der Waals surface area contributed by atoms with Crippen LogP contribution in [0.2, 0.25) is 0 Å². The smallest absolute Gasteiger partial charge is 0.143 e. The summed E-state index contributed by atoms with van der Waals surface area (Å²) in [7, 11) is 0. The highest BCUT2D eigenvalue weighted by molar-refractivity contribution is 14.1. The molecule has 0 radical (unpaired) electrons. The van der Waals surface area contributed by atoms with E-state index < -0.39 is 0 Å². The lowest BCUT2D eigenvalue weighted by molar-refractivity contribution is 0.110. The number of halogens is 1. The highest BCUT2D eigenvalue weighted by atomic mass is 127. The molecule has 2 heterocycles. The molecule has 1 saturated heterocycles. The molecule has 4 nitrogen and oxygen atoms in total. The summed E-state index contributed by atoms with van der Waals surface area (Å²) in [5, 5.41) is 3.34. The first-order chi connectivity index (χ1) is 9.24. The summed E-state index contributed by atoms with van der Waals surface area (Å²) < 4.78 is 6.85. The molecule has 0 saturated carbocycles. The molecule has 0 aromatic carbocycles. The number of hydrogen-bond donors (Lipinski definition) is 1. The second-order valence-corrected chi connectivity index (χ2v) is 5.95. The molecule has 19 heavy (non-hydrogen) atoms. The second kappa shape index (κ2) is 7.38. The monoisotopic (exact) mass is 375 g/mol. The van der Waals surface area contributed by atoms with Gasteiger partial charge in [-0.15, -0.1) is 0 Å². The van der Waals surface area contributed by atoms with Crippen LogP contribution in [0.4, 0.5) is 5.82 Å². The van der Waals surface area contributed by atoms with E-state index in [1.54, 1.807) is 0 Å². The minimum Gasteiger partial charge on any atom is -0.378 e. The van der Waals surface area contributed by atoms with Crippen molar-refractivity contribution in [3.63, 3.8) is 0 Å². The van der Waals surface area contributed by atoms with Gasteiger partial charge in [-0.25, -0.2) is 9.97 Å². The molecule has 0 bridgehead atoms. The summed E-state index contributed by atoms with van der Waals surface area (Å²) in [5.41, 5.74) is 1.17. The van der Waals surface area contributed by atoms with Crippen LogP contribution < -0.4 is 5.32 Å². The van der Waals surface area contributed by atoms with Gasteiger partial charge in [-0.3, -0.25) is 0 Å². The molecule has 2 rings (SSSR count). The maximum Gasteiger partial charge on any atom is 0.143 e. The van der Waals surface area contributed by atoms with Gasteiger partial charge in [0.2, 0.25) is 0 Å². The fourth-order valence-electron chi connectivity index (χ4n) is 2.33. The van der Waals surface area contributed by atoms with Crippen molar-refractivity contribution in [2.75, 3.05) is 18.5 Å². The fourth-order valence-corrected chi connectivity index (χ4v) is 3.03. The zero-order chi connectivity index (χ0) is 13.7. The van der Waals surface area contributed by atoms with Gasteiger partial charge in [0, 0.05) is 19.6 Å². The normalized spacial score (nSPS) is 18.8. The summed E-state index contributed by atoms with van der Waals surface area (Å²) in [6, 6.07) is 0. The van der Waals surface area contributed by atoms with Gasteiger partial charge < -0.3 is 10.1 Å². The number of hydrogen-bond acceptors (Lipinski definition) is 4. The Bertz CT molecular complexity index is 392. The van der Waals surface area contributed by atoms with E-state index in [4.69, 9.17) is 9.72 Å². The van der Waals surface area contributed by atoms with Crippen LogP contribution in [0.1, 0.15) is 44.6 Å². The zero-order valence-corrected chi connectivity index (χ0v) is 13.9. The number of anilines is 1. The molecule has 1 aliphatic rings. The van der Waals surface area contributed by atoms with Crippen molar-refractivity contribution < 1.29 is 4.74 Å². The van der Waals surface area contributed by atoms with Gasteiger partial charge in [-0.05, 0) is 48.8 Å². The van der Waals surface area contributed by atoms with Crippen molar-refractivity contribution in [1.29, 1.82) is 0 Å². The summed E-state index contributed by atoms with van der Waals surface area (Å²) in [4.78, 5) is 9.39. The first-order valence-corrected chi connectivity index (χ1v) is 8.23. The number of rotatable bonds is 6. The number of aromatic nitrogens is 2. The number of ether oxygens (including phenoxy) is 1. The van der Waals surface area contributed by atoms with Crippen molar-refractivity contribution in [1.82, 2.24) is 9.97 Å². The molecule has 0 spiro atoms. The van der Waals surface area contributed by atoms with E-state index in [9.17, 15) is 0 Å². The average molecular weight is 375 g/mol. The molecule has 1 fully saturated rings. The summed E-state index contributed by atoms with van der Waals surface area (Å²) in [6.07, 6.45) is 5.57. The van der Waals surface area contributed by atoms with E-state index in [1.165, 1.54) is 5.69 Å². The van der Waals surface area contributed by atoms with Crippen molar-refractivity contribution in [3.8, 4) is 0 Å². The SMILES string of the molecule is CCCc1nc(CC2CCCO2)nc(NCC)c1I. The number of nitrogens with one attached hydrogen (secondary N) is 1. The van der Waals surface area contributed by atoms with Gasteiger partial charge in [-0.2, -0.15) is 0 Å². The van der Waals surface area contributed by atoms with Gasteiger partial charge in [0.25, 0.3) is 0 Å². The maximum absolute atomic E-state index is 5.68. The summed E-state index contributed by atoms with van der Waals surface area (Å²) >= 11 is 2.35. The molecule has 1 N–H and O–H groups in total. The molecule has 5 heteroatoms. The maximum atomic E-state index is 5.68. The van der Waals surface area contributed by atoms with Gasteiger partial charge in [0.15, 0.2) is 0 Å².